The fraction of sp³-hybridized carbons (Fsp3) is 0.333. The van der Waals surface area contributed by atoms with Gasteiger partial charge in [-0.15, -0.1) is 0 Å². The van der Waals surface area contributed by atoms with Gasteiger partial charge >= 0.3 is 5.97 Å². The van der Waals surface area contributed by atoms with Crippen LogP contribution in [0.15, 0.2) is 28.8 Å². The predicted octanol–water partition coefficient (Wildman–Crippen LogP) is 3.70. The first-order valence-electron chi connectivity index (χ1n) is 7.93. The molecule has 1 aromatic carbocycles. The maximum absolute atomic E-state index is 12.3. The van der Waals surface area contributed by atoms with E-state index in [9.17, 15) is 4.79 Å². The molecule has 2 heterocycles. The van der Waals surface area contributed by atoms with Gasteiger partial charge in [-0.2, -0.15) is 0 Å². The summed E-state index contributed by atoms with van der Waals surface area (Å²) in [6, 6.07) is 7.47. The maximum atomic E-state index is 12.3. The maximum Gasteiger partial charge on any atom is 0.338 e. The van der Waals surface area contributed by atoms with E-state index in [-0.39, 0.29) is 12.6 Å². The van der Waals surface area contributed by atoms with Crippen molar-refractivity contribution in [2.75, 3.05) is 0 Å². The van der Waals surface area contributed by atoms with Crippen molar-refractivity contribution in [2.24, 2.45) is 0 Å². The lowest BCUT2D eigenvalue weighted by Gasteiger charge is -2.10. The third-order valence-electron chi connectivity index (χ3n) is 4.36. The highest BCUT2D eigenvalue weighted by Gasteiger charge is 2.17. The second-order valence-corrected chi connectivity index (χ2v) is 6.05. The summed E-state index contributed by atoms with van der Waals surface area (Å²) >= 11 is 0. The van der Waals surface area contributed by atoms with E-state index in [2.05, 4.69) is 10.1 Å². The van der Waals surface area contributed by atoms with Crippen molar-refractivity contribution in [3.63, 3.8) is 0 Å². The minimum absolute atomic E-state index is 0.124. The van der Waals surface area contributed by atoms with Crippen LogP contribution in [0.2, 0.25) is 0 Å². The Balaban J connectivity index is 1.57. The van der Waals surface area contributed by atoms with Crippen LogP contribution in [0.25, 0.3) is 10.9 Å². The quantitative estimate of drug-likeness (QED) is 0.749. The van der Waals surface area contributed by atoms with Gasteiger partial charge in [0.25, 0.3) is 0 Å². The number of nitrogens with one attached hydrogen (secondary N) is 1. The van der Waals surface area contributed by atoms with E-state index in [4.69, 9.17) is 9.26 Å². The number of aryl methyl sites for hydroxylation is 3. The molecule has 0 spiro atoms. The van der Waals surface area contributed by atoms with E-state index in [0.29, 0.717) is 17.0 Å². The zero-order valence-electron chi connectivity index (χ0n) is 13.0. The summed E-state index contributed by atoms with van der Waals surface area (Å²) in [6.07, 6.45) is 4.60. The third-order valence-corrected chi connectivity index (χ3v) is 4.36. The summed E-state index contributed by atoms with van der Waals surface area (Å²) in [6.45, 7) is 1.93. The number of benzene rings is 1. The highest BCUT2D eigenvalue weighted by atomic mass is 16.5. The Morgan fingerprint density at radius 2 is 2.17 bits per heavy atom. The topological polar surface area (TPSA) is 68.1 Å². The molecule has 0 aliphatic heterocycles. The van der Waals surface area contributed by atoms with Gasteiger partial charge in [0.1, 0.15) is 18.1 Å². The molecule has 118 valence electrons. The van der Waals surface area contributed by atoms with E-state index in [1.807, 2.05) is 12.1 Å². The fourth-order valence-corrected chi connectivity index (χ4v) is 3.24. The Morgan fingerprint density at radius 1 is 1.30 bits per heavy atom. The summed E-state index contributed by atoms with van der Waals surface area (Å²) < 4.78 is 10.3. The Hall–Kier alpha value is -2.56. The molecule has 0 saturated carbocycles. The van der Waals surface area contributed by atoms with Gasteiger partial charge in [-0.3, -0.25) is 0 Å². The van der Waals surface area contributed by atoms with Gasteiger partial charge in [-0.25, -0.2) is 4.79 Å². The molecule has 23 heavy (non-hydrogen) atoms. The number of aromatic amines is 1. The van der Waals surface area contributed by atoms with Crippen molar-refractivity contribution in [1.82, 2.24) is 10.1 Å². The summed E-state index contributed by atoms with van der Waals surface area (Å²) in [7, 11) is 0. The lowest BCUT2D eigenvalue weighted by Crippen LogP contribution is -2.05. The molecule has 5 heteroatoms. The van der Waals surface area contributed by atoms with Crippen LogP contribution in [0.1, 0.15) is 45.9 Å². The number of nitrogens with zero attached hydrogens (tertiary/aromatic N) is 1. The molecule has 0 bridgehead atoms. The molecule has 0 unspecified atom stereocenters. The lowest BCUT2D eigenvalue weighted by atomic mass is 9.95. The summed E-state index contributed by atoms with van der Waals surface area (Å²) in [5, 5.41) is 4.97. The Morgan fingerprint density at radius 3 is 3.00 bits per heavy atom. The van der Waals surface area contributed by atoms with Crippen molar-refractivity contribution in [3.05, 3.63) is 52.5 Å². The Labute approximate surface area is 133 Å². The molecule has 0 amide bonds. The van der Waals surface area contributed by atoms with E-state index in [0.717, 1.165) is 23.7 Å². The summed E-state index contributed by atoms with van der Waals surface area (Å²) in [5.74, 6) is 0.370. The van der Waals surface area contributed by atoms with Crippen LogP contribution in [0.3, 0.4) is 0 Å². The fourth-order valence-electron chi connectivity index (χ4n) is 3.24. The first-order valence-corrected chi connectivity index (χ1v) is 7.93. The minimum Gasteiger partial charge on any atom is -0.455 e. The highest BCUT2D eigenvalue weighted by Crippen LogP contribution is 2.29. The van der Waals surface area contributed by atoms with Crippen molar-refractivity contribution in [3.8, 4) is 0 Å². The monoisotopic (exact) mass is 310 g/mol. The molecule has 5 nitrogen and oxygen atoms in total. The molecule has 0 radical (unpaired) electrons. The van der Waals surface area contributed by atoms with Gasteiger partial charge in [0.05, 0.1) is 5.56 Å². The van der Waals surface area contributed by atoms with Gasteiger partial charge in [-0.1, -0.05) is 5.16 Å². The zero-order valence-corrected chi connectivity index (χ0v) is 13.0. The van der Waals surface area contributed by atoms with Crippen LogP contribution in [0, 0.1) is 6.92 Å². The average Bonchev–Trinajstić information content (AvgIpc) is 3.15. The number of carbonyl (C=O) groups excluding carboxylic acids is 1. The van der Waals surface area contributed by atoms with Gasteiger partial charge < -0.3 is 14.2 Å². The molecule has 0 saturated heterocycles. The number of carbonyl (C=O) groups is 1. The highest BCUT2D eigenvalue weighted by molar-refractivity contribution is 5.96. The number of ether oxygens (including phenoxy) is 1. The van der Waals surface area contributed by atoms with E-state index < -0.39 is 0 Å². The molecule has 3 aromatic rings. The van der Waals surface area contributed by atoms with Crippen LogP contribution >= 0.6 is 0 Å². The normalized spacial score (nSPS) is 14.0. The van der Waals surface area contributed by atoms with Crippen LogP contribution in [-0.4, -0.2) is 16.1 Å². The Kier molecular flexibility index (Phi) is 3.41. The molecule has 0 fully saturated rings. The van der Waals surface area contributed by atoms with Crippen LogP contribution < -0.4 is 0 Å². The molecule has 1 aliphatic carbocycles. The first-order chi connectivity index (χ1) is 11.2. The van der Waals surface area contributed by atoms with Crippen molar-refractivity contribution >= 4 is 16.9 Å². The molecule has 4 rings (SSSR count). The second-order valence-electron chi connectivity index (χ2n) is 6.05. The van der Waals surface area contributed by atoms with Gasteiger partial charge in [0.2, 0.25) is 0 Å². The molecule has 0 atom stereocenters. The van der Waals surface area contributed by atoms with Gasteiger partial charge in [-0.05, 0) is 56.4 Å². The molecule has 2 aromatic heterocycles. The van der Waals surface area contributed by atoms with Crippen LogP contribution in [0.5, 0.6) is 0 Å². The van der Waals surface area contributed by atoms with E-state index in [1.165, 1.54) is 24.1 Å². The standard InChI is InChI=1S/C18H18N2O3/c1-11-8-13(20-23-11)10-22-18(21)12-6-7-17-15(9-12)14-4-2-3-5-16(14)19-17/h6-9,19H,2-5,10H2,1H3. The number of hydrogen-bond donors (Lipinski definition) is 1. The predicted molar refractivity (Wildman–Crippen MR) is 85.3 cm³/mol. The van der Waals surface area contributed by atoms with Gasteiger partial charge in [0.15, 0.2) is 0 Å². The van der Waals surface area contributed by atoms with Gasteiger partial charge in [0, 0.05) is 22.7 Å². The van der Waals surface area contributed by atoms with Crippen LogP contribution in [0.4, 0.5) is 0 Å². The van der Waals surface area contributed by atoms with Crippen LogP contribution in [-0.2, 0) is 24.2 Å². The molecule has 1 aliphatic rings. The summed E-state index contributed by atoms with van der Waals surface area (Å²) in [5.41, 5.74) is 4.96. The van der Waals surface area contributed by atoms with Crippen molar-refractivity contribution in [2.45, 2.75) is 39.2 Å². The SMILES string of the molecule is Cc1cc(COC(=O)c2ccc3[nH]c4c(c3c2)CCCC4)no1. The number of aromatic nitrogens is 2. The lowest BCUT2D eigenvalue weighted by molar-refractivity contribution is 0.0464. The van der Waals surface area contributed by atoms with Crippen molar-refractivity contribution < 1.29 is 14.1 Å². The largest absolute Gasteiger partial charge is 0.455 e. The first kappa shape index (κ1) is 14.1. The second kappa shape index (κ2) is 5.57. The third kappa shape index (κ3) is 2.63. The van der Waals surface area contributed by atoms with E-state index in [1.54, 1.807) is 19.1 Å². The number of fused-ring (bicyclic) bond motifs is 3. The number of esters is 1. The number of rotatable bonds is 3. The smallest absolute Gasteiger partial charge is 0.338 e. The average molecular weight is 310 g/mol. The summed E-state index contributed by atoms with van der Waals surface area (Å²) in [4.78, 5) is 15.7. The Bertz CT molecular complexity index is 876. The zero-order chi connectivity index (χ0) is 15.8. The molecular weight excluding hydrogens is 292 g/mol. The molecular formula is C18H18N2O3. The number of hydrogen-bond acceptors (Lipinski definition) is 4. The minimum atomic E-state index is -0.335. The molecule has 1 N–H and O–H groups in total. The van der Waals surface area contributed by atoms with E-state index >= 15 is 0 Å². The van der Waals surface area contributed by atoms with Crippen molar-refractivity contribution in [1.29, 1.82) is 0 Å². The number of H-pyrrole nitrogens is 1.